The van der Waals surface area contributed by atoms with Crippen LogP contribution in [0, 0.1) is 5.82 Å². The first-order chi connectivity index (χ1) is 7.74. The van der Waals surface area contributed by atoms with Crippen molar-refractivity contribution in [3.05, 3.63) is 47.9 Å². The molecule has 0 fully saturated rings. The minimum Gasteiger partial charge on any atom is -0.368 e. The summed E-state index contributed by atoms with van der Waals surface area (Å²) in [7, 11) is 1.87. The molecule has 0 unspecified atom stereocenters. The van der Waals surface area contributed by atoms with Gasteiger partial charge in [0.05, 0.1) is 0 Å². The Bertz CT molecular complexity index is 465. The molecule has 16 heavy (non-hydrogen) atoms. The minimum atomic E-state index is -0.185. The molecular formula is C12H14FN3. The highest BCUT2D eigenvalue weighted by molar-refractivity contribution is 5.32. The molecule has 2 aromatic rings. The van der Waals surface area contributed by atoms with E-state index in [-0.39, 0.29) is 5.82 Å². The number of nitrogens with one attached hydrogen (secondary N) is 1. The lowest BCUT2D eigenvalue weighted by Gasteiger charge is -2.03. The first-order valence-electron chi connectivity index (χ1n) is 5.22. The fraction of sp³-hybridized carbons (Fsp3) is 0.250. The Morgan fingerprint density at radius 3 is 2.94 bits per heavy atom. The molecule has 0 saturated heterocycles. The second kappa shape index (κ2) is 4.79. The van der Waals surface area contributed by atoms with Gasteiger partial charge in [-0.05, 0) is 24.1 Å². The quantitative estimate of drug-likeness (QED) is 0.854. The van der Waals surface area contributed by atoms with Gasteiger partial charge in [-0.25, -0.2) is 4.39 Å². The highest BCUT2D eigenvalue weighted by Crippen LogP contribution is 2.05. The third-order valence-corrected chi connectivity index (χ3v) is 2.32. The van der Waals surface area contributed by atoms with Gasteiger partial charge in [-0.3, -0.25) is 4.68 Å². The first kappa shape index (κ1) is 10.7. The fourth-order valence-electron chi connectivity index (χ4n) is 1.54. The monoisotopic (exact) mass is 219 g/mol. The molecule has 0 saturated carbocycles. The van der Waals surface area contributed by atoms with Crippen LogP contribution >= 0.6 is 0 Å². The van der Waals surface area contributed by atoms with Crippen LogP contribution in [0.4, 0.5) is 10.2 Å². The van der Waals surface area contributed by atoms with Crippen LogP contribution in [0.3, 0.4) is 0 Å². The van der Waals surface area contributed by atoms with Crippen LogP contribution < -0.4 is 5.32 Å². The normalized spacial score (nSPS) is 10.4. The number of aromatic nitrogens is 2. The molecule has 0 bridgehead atoms. The Balaban J connectivity index is 1.84. The van der Waals surface area contributed by atoms with E-state index in [1.807, 2.05) is 25.4 Å². The second-order valence-electron chi connectivity index (χ2n) is 3.68. The van der Waals surface area contributed by atoms with Crippen molar-refractivity contribution in [3.63, 3.8) is 0 Å². The van der Waals surface area contributed by atoms with Crippen LogP contribution in [0.15, 0.2) is 36.5 Å². The molecule has 84 valence electrons. The largest absolute Gasteiger partial charge is 0.368 e. The highest BCUT2D eigenvalue weighted by Gasteiger charge is 1.97. The molecule has 2 rings (SSSR count). The molecule has 0 aliphatic rings. The van der Waals surface area contributed by atoms with Crippen LogP contribution in [-0.2, 0) is 13.5 Å². The highest BCUT2D eigenvalue weighted by atomic mass is 19.1. The number of halogens is 1. The standard InChI is InChI=1S/C12H14FN3/c1-16-8-6-12(15-16)14-7-5-10-3-2-4-11(13)9-10/h2-4,6,8-9H,5,7H2,1H3,(H,14,15). The van der Waals surface area contributed by atoms with E-state index in [1.54, 1.807) is 16.8 Å². The lowest BCUT2D eigenvalue weighted by molar-refractivity contribution is 0.625. The zero-order valence-electron chi connectivity index (χ0n) is 9.15. The van der Waals surface area contributed by atoms with Crippen molar-refractivity contribution in [1.82, 2.24) is 9.78 Å². The average molecular weight is 219 g/mol. The van der Waals surface area contributed by atoms with Gasteiger partial charge in [0.2, 0.25) is 0 Å². The van der Waals surface area contributed by atoms with Crippen molar-refractivity contribution in [2.45, 2.75) is 6.42 Å². The summed E-state index contributed by atoms with van der Waals surface area (Å²) in [5, 5.41) is 7.37. The number of nitrogens with zero attached hydrogens (tertiary/aromatic N) is 2. The molecule has 1 aromatic heterocycles. The maximum atomic E-state index is 12.9. The predicted molar refractivity (Wildman–Crippen MR) is 61.8 cm³/mol. The van der Waals surface area contributed by atoms with E-state index in [1.165, 1.54) is 6.07 Å². The molecule has 4 heteroatoms. The third kappa shape index (κ3) is 2.82. The van der Waals surface area contributed by atoms with Gasteiger partial charge >= 0.3 is 0 Å². The van der Waals surface area contributed by atoms with Crippen molar-refractivity contribution in [2.75, 3.05) is 11.9 Å². The Kier molecular flexibility index (Phi) is 3.19. The van der Waals surface area contributed by atoms with Crippen LogP contribution in [0.5, 0.6) is 0 Å². The van der Waals surface area contributed by atoms with E-state index >= 15 is 0 Å². The van der Waals surface area contributed by atoms with Crippen LogP contribution in [0.2, 0.25) is 0 Å². The zero-order chi connectivity index (χ0) is 11.4. The van der Waals surface area contributed by atoms with Crippen molar-refractivity contribution >= 4 is 5.82 Å². The van der Waals surface area contributed by atoms with Crippen molar-refractivity contribution in [1.29, 1.82) is 0 Å². The second-order valence-corrected chi connectivity index (χ2v) is 3.68. The lowest BCUT2D eigenvalue weighted by Crippen LogP contribution is -2.05. The Labute approximate surface area is 93.9 Å². The van der Waals surface area contributed by atoms with Crippen molar-refractivity contribution in [3.8, 4) is 0 Å². The number of hydrogen-bond acceptors (Lipinski definition) is 2. The molecule has 0 radical (unpaired) electrons. The van der Waals surface area contributed by atoms with E-state index in [4.69, 9.17) is 0 Å². The average Bonchev–Trinajstić information content (AvgIpc) is 2.64. The lowest BCUT2D eigenvalue weighted by atomic mass is 10.1. The minimum absolute atomic E-state index is 0.185. The Hall–Kier alpha value is -1.84. The Morgan fingerprint density at radius 1 is 1.38 bits per heavy atom. The molecular weight excluding hydrogens is 205 g/mol. The first-order valence-corrected chi connectivity index (χ1v) is 5.22. The van der Waals surface area contributed by atoms with Gasteiger partial charge in [0.25, 0.3) is 0 Å². The maximum Gasteiger partial charge on any atom is 0.147 e. The Morgan fingerprint density at radius 2 is 2.25 bits per heavy atom. The number of benzene rings is 1. The number of anilines is 1. The van der Waals surface area contributed by atoms with Gasteiger partial charge in [-0.1, -0.05) is 12.1 Å². The molecule has 1 aromatic carbocycles. The van der Waals surface area contributed by atoms with E-state index in [9.17, 15) is 4.39 Å². The molecule has 1 heterocycles. The predicted octanol–water partition coefficient (Wildman–Crippen LogP) is 2.21. The summed E-state index contributed by atoms with van der Waals surface area (Å²) in [5.41, 5.74) is 0.989. The number of aryl methyl sites for hydroxylation is 1. The van der Waals surface area contributed by atoms with Gasteiger partial charge in [0, 0.05) is 25.9 Å². The number of hydrogen-bond donors (Lipinski definition) is 1. The number of rotatable bonds is 4. The summed E-state index contributed by atoms with van der Waals surface area (Å²) in [6.45, 7) is 0.750. The molecule has 0 aliphatic heterocycles. The fourth-order valence-corrected chi connectivity index (χ4v) is 1.54. The molecule has 0 atom stereocenters. The molecule has 0 aliphatic carbocycles. The summed E-state index contributed by atoms with van der Waals surface area (Å²) in [4.78, 5) is 0. The third-order valence-electron chi connectivity index (χ3n) is 2.32. The topological polar surface area (TPSA) is 29.9 Å². The summed E-state index contributed by atoms with van der Waals surface area (Å²) < 4.78 is 14.6. The molecule has 0 spiro atoms. The zero-order valence-corrected chi connectivity index (χ0v) is 9.15. The summed E-state index contributed by atoms with van der Waals surface area (Å²) >= 11 is 0. The van der Waals surface area contributed by atoms with Crippen molar-refractivity contribution in [2.24, 2.45) is 7.05 Å². The molecule has 0 amide bonds. The van der Waals surface area contributed by atoms with E-state index in [2.05, 4.69) is 10.4 Å². The smallest absolute Gasteiger partial charge is 0.147 e. The van der Waals surface area contributed by atoms with Gasteiger partial charge in [-0.2, -0.15) is 5.10 Å². The van der Waals surface area contributed by atoms with Gasteiger partial charge in [0.15, 0.2) is 0 Å². The van der Waals surface area contributed by atoms with E-state index in [0.29, 0.717) is 0 Å². The van der Waals surface area contributed by atoms with Crippen molar-refractivity contribution < 1.29 is 4.39 Å². The van der Waals surface area contributed by atoms with Crippen LogP contribution in [0.25, 0.3) is 0 Å². The van der Waals surface area contributed by atoms with E-state index < -0.39 is 0 Å². The molecule has 3 nitrogen and oxygen atoms in total. The van der Waals surface area contributed by atoms with Crippen LogP contribution in [0.1, 0.15) is 5.56 Å². The molecule has 1 N–H and O–H groups in total. The summed E-state index contributed by atoms with van der Waals surface area (Å²) in [6.07, 6.45) is 2.67. The SMILES string of the molecule is Cn1ccc(NCCc2cccc(F)c2)n1. The van der Waals surface area contributed by atoms with Gasteiger partial charge in [0.1, 0.15) is 11.6 Å². The summed E-state index contributed by atoms with van der Waals surface area (Å²) in [6, 6.07) is 8.57. The maximum absolute atomic E-state index is 12.9. The van der Waals surface area contributed by atoms with Gasteiger partial charge in [-0.15, -0.1) is 0 Å². The van der Waals surface area contributed by atoms with E-state index in [0.717, 1.165) is 24.3 Å². The van der Waals surface area contributed by atoms with Gasteiger partial charge < -0.3 is 5.32 Å². The summed E-state index contributed by atoms with van der Waals surface area (Å²) in [5.74, 6) is 0.661. The van der Waals surface area contributed by atoms with Crippen LogP contribution in [-0.4, -0.2) is 16.3 Å².